The monoisotopic (exact) mass is 333 g/mol. The number of ether oxygens (including phenoxy) is 1. The molecular weight excluding hydrogens is 306 g/mol. The number of carbonyl (C=O) groups excluding carboxylic acids is 2. The molecule has 1 aromatic rings. The molecule has 24 heavy (non-hydrogen) atoms. The summed E-state index contributed by atoms with van der Waals surface area (Å²) < 4.78 is 4.96. The molecule has 0 saturated carbocycles. The third-order valence-electron chi connectivity index (χ3n) is 3.58. The summed E-state index contributed by atoms with van der Waals surface area (Å²) in [5.74, 6) is -0.229. The van der Waals surface area contributed by atoms with Crippen molar-refractivity contribution in [3.05, 3.63) is 34.9 Å². The Morgan fingerprint density at radius 2 is 1.96 bits per heavy atom. The summed E-state index contributed by atoms with van der Waals surface area (Å²) >= 11 is 0. The summed E-state index contributed by atoms with van der Waals surface area (Å²) in [7, 11) is 0. The SMILES string of the molecule is CCCO.CCOC(=O)/C(C)=C/c1ccc2c(c1)CCN2C(C)=O. The molecule has 1 amide bonds. The molecule has 1 aliphatic heterocycles. The highest BCUT2D eigenvalue weighted by molar-refractivity contribution is 5.95. The average molecular weight is 333 g/mol. The highest BCUT2D eigenvalue weighted by atomic mass is 16.5. The Bertz CT molecular complexity index is 605. The van der Waals surface area contributed by atoms with E-state index in [9.17, 15) is 9.59 Å². The van der Waals surface area contributed by atoms with E-state index in [0.717, 1.165) is 36.2 Å². The molecule has 0 radical (unpaired) electrons. The molecule has 5 nitrogen and oxygen atoms in total. The van der Waals surface area contributed by atoms with Crippen molar-refractivity contribution >= 4 is 23.6 Å². The van der Waals surface area contributed by atoms with Crippen molar-refractivity contribution in [2.24, 2.45) is 0 Å². The maximum Gasteiger partial charge on any atom is 0.333 e. The first kappa shape index (κ1) is 19.9. The van der Waals surface area contributed by atoms with Gasteiger partial charge in [0.15, 0.2) is 0 Å². The quantitative estimate of drug-likeness (QED) is 0.679. The van der Waals surface area contributed by atoms with Crippen molar-refractivity contribution < 1.29 is 19.4 Å². The predicted molar refractivity (Wildman–Crippen MR) is 95.8 cm³/mol. The average Bonchev–Trinajstić information content (AvgIpc) is 2.98. The molecule has 0 unspecified atom stereocenters. The fraction of sp³-hybridized carbons (Fsp3) is 0.474. The van der Waals surface area contributed by atoms with Crippen molar-refractivity contribution in [2.45, 2.75) is 40.5 Å². The number of rotatable bonds is 4. The maximum absolute atomic E-state index is 11.6. The highest BCUT2D eigenvalue weighted by Crippen LogP contribution is 2.29. The number of esters is 1. The number of carbonyl (C=O) groups is 2. The Hall–Kier alpha value is -2.14. The minimum Gasteiger partial charge on any atom is -0.463 e. The van der Waals surface area contributed by atoms with E-state index < -0.39 is 0 Å². The summed E-state index contributed by atoms with van der Waals surface area (Å²) in [6, 6.07) is 5.89. The van der Waals surface area contributed by atoms with Crippen LogP contribution in [0.25, 0.3) is 6.08 Å². The first-order valence-electron chi connectivity index (χ1n) is 8.31. The Morgan fingerprint density at radius 3 is 2.50 bits per heavy atom. The van der Waals surface area contributed by atoms with Crippen LogP contribution in [0.1, 0.15) is 45.2 Å². The summed E-state index contributed by atoms with van der Waals surface area (Å²) in [4.78, 5) is 24.8. The van der Waals surface area contributed by atoms with Gasteiger partial charge in [-0.2, -0.15) is 0 Å². The fourth-order valence-corrected chi connectivity index (χ4v) is 2.39. The van der Waals surface area contributed by atoms with Crippen LogP contribution in [0.3, 0.4) is 0 Å². The lowest BCUT2D eigenvalue weighted by molar-refractivity contribution is -0.138. The van der Waals surface area contributed by atoms with Gasteiger partial charge in [0.2, 0.25) is 5.91 Å². The molecule has 0 atom stereocenters. The Balaban J connectivity index is 0.000000648. The lowest BCUT2D eigenvalue weighted by Crippen LogP contribution is -2.25. The summed E-state index contributed by atoms with van der Waals surface area (Å²) in [5, 5.41) is 7.88. The Kier molecular flexibility index (Phi) is 8.19. The van der Waals surface area contributed by atoms with Crippen molar-refractivity contribution in [1.82, 2.24) is 0 Å². The van der Waals surface area contributed by atoms with Crippen molar-refractivity contribution in [1.29, 1.82) is 0 Å². The Morgan fingerprint density at radius 1 is 1.29 bits per heavy atom. The number of anilines is 1. The Labute approximate surface area is 143 Å². The molecule has 132 valence electrons. The number of hydrogen-bond donors (Lipinski definition) is 1. The van der Waals surface area contributed by atoms with Gasteiger partial charge in [-0.05, 0) is 56.0 Å². The molecule has 1 N–H and O–H groups in total. The van der Waals surface area contributed by atoms with Crippen LogP contribution in [0, 0.1) is 0 Å². The number of hydrogen-bond acceptors (Lipinski definition) is 4. The summed E-state index contributed by atoms with van der Waals surface area (Å²) in [6.45, 7) is 8.47. The van der Waals surface area contributed by atoms with E-state index in [1.54, 1.807) is 25.7 Å². The number of aliphatic hydroxyl groups excluding tert-OH is 1. The topological polar surface area (TPSA) is 66.8 Å². The molecule has 0 saturated heterocycles. The van der Waals surface area contributed by atoms with Crippen LogP contribution in [0.2, 0.25) is 0 Å². The standard InChI is InChI=1S/C16H19NO3.C3H8O/c1-4-20-16(19)11(2)9-13-5-6-15-14(10-13)7-8-17(15)12(3)18;1-2-3-4/h5-6,9-10H,4,7-8H2,1-3H3;4H,2-3H2,1H3/b11-9+;. The van der Waals surface area contributed by atoms with Crippen molar-refractivity contribution in [2.75, 3.05) is 24.7 Å². The molecule has 0 aliphatic carbocycles. The molecule has 1 heterocycles. The maximum atomic E-state index is 11.6. The number of aliphatic hydroxyl groups is 1. The highest BCUT2D eigenvalue weighted by Gasteiger charge is 2.21. The third kappa shape index (κ3) is 5.49. The molecule has 1 aromatic carbocycles. The molecule has 1 aliphatic rings. The van der Waals surface area contributed by atoms with Crippen molar-refractivity contribution in [3.63, 3.8) is 0 Å². The van der Waals surface area contributed by atoms with E-state index in [1.165, 1.54) is 0 Å². The molecule has 5 heteroatoms. The van der Waals surface area contributed by atoms with Gasteiger partial charge in [-0.15, -0.1) is 0 Å². The second-order valence-electron chi connectivity index (χ2n) is 5.58. The van der Waals surface area contributed by atoms with Gasteiger partial charge in [0, 0.05) is 31.3 Å². The minimum atomic E-state index is -0.293. The molecule has 0 aromatic heterocycles. The van der Waals surface area contributed by atoms with Crippen LogP contribution in [-0.4, -0.2) is 36.7 Å². The van der Waals surface area contributed by atoms with Gasteiger partial charge in [-0.3, -0.25) is 4.79 Å². The predicted octanol–water partition coefficient (Wildman–Crippen LogP) is 2.95. The zero-order valence-corrected chi connectivity index (χ0v) is 15.0. The first-order valence-corrected chi connectivity index (χ1v) is 8.31. The molecule has 2 rings (SSSR count). The van der Waals surface area contributed by atoms with E-state index in [1.807, 2.05) is 31.2 Å². The summed E-state index contributed by atoms with van der Waals surface area (Å²) in [6.07, 6.45) is 3.55. The van der Waals surface area contributed by atoms with Crippen molar-refractivity contribution in [3.8, 4) is 0 Å². The zero-order valence-electron chi connectivity index (χ0n) is 15.0. The van der Waals surface area contributed by atoms with Gasteiger partial charge in [-0.25, -0.2) is 4.79 Å². The van der Waals surface area contributed by atoms with Crippen LogP contribution < -0.4 is 4.90 Å². The van der Waals surface area contributed by atoms with Gasteiger partial charge in [-0.1, -0.05) is 13.0 Å². The molecular formula is C19H27NO4. The van der Waals surface area contributed by atoms with Crippen LogP contribution >= 0.6 is 0 Å². The van der Waals surface area contributed by atoms with Gasteiger partial charge < -0.3 is 14.7 Å². The van der Waals surface area contributed by atoms with Crippen LogP contribution in [0.4, 0.5) is 5.69 Å². The number of fused-ring (bicyclic) bond motifs is 1. The lowest BCUT2D eigenvalue weighted by atomic mass is 10.1. The van der Waals surface area contributed by atoms with Crippen LogP contribution in [0.5, 0.6) is 0 Å². The van der Waals surface area contributed by atoms with Gasteiger partial charge >= 0.3 is 5.97 Å². The van der Waals surface area contributed by atoms with E-state index >= 15 is 0 Å². The molecule has 0 spiro atoms. The van der Waals surface area contributed by atoms with Gasteiger partial charge in [0.25, 0.3) is 0 Å². The van der Waals surface area contributed by atoms with Gasteiger partial charge in [0.05, 0.1) is 6.61 Å². The van der Waals surface area contributed by atoms with E-state index in [-0.39, 0.29) is 11.9 Å². The van der Waals surface area contributed by atoms with Gasteiger partial charge in [0.1, 0.15) is 0 Å². The van der Waals surface area contributed by atoms with Crippen LogP contribution in [-0.2, 0) is 20.7 Å². The fourth-order valence-electron chi connectivity index (χ4n) is 2.39. The normalized spacial score (nSPS) is 13.0. The van der Waals surface area contributed by atoms with Crippen LogP contribution in [0.15, 0.2) is 23.8 Å². The van der Waals surface area contributed by atoms with E-state index in [4.69, 9.17) is 9.84 Å². The molecule has 0 fully saturated rings. The van der Waals surface area contributed by atoms with E-state index in [2.05, 4.69) is 0 Å². The zero-order chi connectivity index (χ0) is 18.1. The largest absolute Gasteiger partial charge is 0.463 e. The first-order chi connectivity index (χ1) is 11.4. The second kappa shape index (κ2) is 9.88. The van der Waals surface area contributed by atoms with E-state index in [0.29, 0.717) is 18.8 Å². The smallest absolute Gasteiger partial charge is 0.333 e. The second-order valence-corrected chi connectivity index (χ2v) is 5.58. The summed E-state index contributed by atoms with van der Waals surface area (Å²) in [5.41, 5.74) is 3.65. The number of nitrogens with zero attached hydrogens (tertiary/aromatic N) is 1. The minimum absolute atomic E-state index is 0.0646. The molecule has 0 bridgehead atoms. The number of benzene rings is 1. The number of amides is 1. The third-order valence-corrected chi connectivity index (χ3v) is 3.58. The lowest BCUT2D eigenvalue weighted by Gasteiger charge is -2.14.